The van der Waals surface area contributed by atoms with Gasteiger partial charge in [-0.05, 0) is 42.5 Å². The molecule has 0 spiro atoms. The fraction of sp³-hybridized carbons (Fsp3) is 0.353. The smallest absolute Gasteiger partial charge is 0.133 e. The van der Waals surface area contributed by atoms with E-state index >= 15 is 0 Å². The molecule has 0 radical (unpaired) electrons. The zero-order chi connectivity index (χ0) is 14.1. The molecule has 0 saturated heterocycles. The summed E-state index contributed by atoms with van der Waals surface area (Å²) in [5.74, 6) is 1.67. The number of benzene rings is 1. The highest BCUT2D eigenvalue weighted by Gasteiger charge is 2.23. The van der Waals surface area contributed by atoms with Gasteiger partial charge < -0.3 is 10.6 Å². The molecular weight excluding hydrogens is 246 g/mol. The van der Waals surface area contributed by atoms with Crippen LogP contribution in [-0.4, -0.2) is 11.5 Å². The molecule has 104 valence electrons. The standard InChI is InChI=1S/C17H21N3/c1-12-9-14-5-3-4-6-16(14)20(11-12)17-8-7-15(10-18)13(2)19-17/h3-8,12H,9-11,18H2,1-2H3. The maximum absolute atomic E-state index is 5.72. The van der Waals surface area contributed by atoms with E-state index in [0.717, 1.165) is 30.0 Å². The highest BCUT2D eigenvalue weighted by molar-refractivity contribution is 5.65. The normalized spacial score (nSPS) is 17.9. The Morgan fingerprint density at radius 1 is 1.25 bits per heavy atom. The Kier molecular flexibility index (Phi) is 3.45. The zero-order valence-electron chi connectivity index (χ0n) is 12.1. The molecule has 0 aliphatic carbocycles. The van der Waals surface area contributed by atoms with Gasteiger partial charge in [-0.25, -0.2) is 4.98 Å². The van der Waals surface area contributed by atoms with E-state index in [9.17, 15) is 0 Å². The van der Waals surface area contributed by atoms with Crippen molar-refractivity contribution in [1.82, 2.24) is 4.98 Å². The van der Waals surface area contributed by atoms with Crippen molar-refractivity contribution in [2.45, 2.75) is 26.8 Å². The first-order valence-corrected chi connectivity index (χ1v) is 7.21. The second kappa shape index (κ2) is 5.25. The van der Waals surface area contributed by atoms with Crippen molar-refractivity contribution in [3.05, 3.63) is 53.2 Å². The van der Waals surface area contributed by atoms with Crippen LogP contribution >= 0.6 is 0 Å². The number of anilines is 2. The second-order valence-corrected chi connectivity index (χ2v) is 5.67. The van der Waals surface area contributed by atoms with E-state index in [0.29, 0.717) is 12.5 Å². The summed E-state index contributed by atoms with van der Waals surface area (Å²) >= 11 is 0. The Hall–Kier alpha value is -1.87. The molecule has 1 aliphatic rings. The molecule has 0 saturated carbocycles. The molecule has 3 nitrogen and oxygen atoms in total. The summed E-state index contributed by atoms with van der Waals surface area (Å²) in [4.78, 5) is 7.08. The van der Waals surface area contributed by atoms with E-state index in [4.69, 9.17) is 10.7 Å². The minimum atomic E-state index is 0.548. The molecule has 1 aromatic carbocycles. The van der Waals surface area contributed by atoms with Crippen molar-refractivity contribution in [2.75, 3.05) is 11.4 Å². The average Bonchev–Trinajstić information content (AvgIpc) is 2.46. The van der Waals surface area contributed by atoms with Gasteiger partial charge in [0.05, 0.1) is 0 Å². The average molecular weight is 267 g/mol. The van der Waals surface area contributed by atoms with E-state index in [1.807, 2.05) is 6.92 Å². The zero-order valence-corrected chi connectivity index (χ0v) is 12.1. The molecule has 1 unspecified atom stereocenters. The summed E-state index contributed by atoms with van der Waals surface area (Å²) in [6.07, 6.45) is 1.15. The van der Waals surface area contributed by atoms with Crippen LogP contribution in [0, 0.1) is 12.8 Å². The van der Waals surface area contributed by atoms with Gasteiger partial charge in [0.15, 0.2) is 0 Å². The van der Waals surface area contributed by atoms with Gasteiger partial charge in [-0.1, -0.05) is 31.2 Å². The van der Waals surface area contributed by atoms with Gasteiger partial charge in [0.25, 0.3) is 0 Å². The van der Waals surface area contributed by atoms with Gasteiger partial charge in [0, 0.05) is 24.5 Å². The number of aryl methyl sites for hydroxylation is 1. The van der Waals surface area contributed by atoms with Crippen LogP contribution in [0.5, 0.6) is 0 Å². The largest absolute Gasteiger partial charge is 0.326 e. The number of para-hydroxylation sites is 1. The summed E-state index contributed by atoms with van der Waals surface area (Å²) in [5, 5.41) is 0. The summed E-state index contributed by atoms with van der Waals surface area (Å²) in [7, 11) is 0. The molecular formula is C17H21N3. The summed E-state index contributed by atoms with van der Waals surface area (Å²) < 4.78 is 0. The minimum Gasteiger partial charge on any atom is -0.326 e. The lowest BCUT2D eigenvalue weighted by Crippen LogP contribution is -2.31. The molecule has 2 aromatic rings. The predicted octanol–water partition coefficient (Wildman–Crippen LogP) is 3.18. The third kappa shape index (κ3) is 2.29. The SMILES string of the molecule is Cc1nc(N2CC(C)Cc3ccccc32)ccc1CN. The van der Waals surface area contributed by atoms with Crippen LogP contribution in [0.15, 0.2) is 36.4 Å². The van der Waals surface area contributed by atoms with Crippen molar-refractivity contribution in [3.63, 3.8) is 0 Å². The van der Waals surface area contributed by atoms with Crippen LogP contribution in [0.25, 0.3) is 0 Å². The first kappa shape index (κ1) is 13.1. The fourth-order valence-electron chi connectivity index (χ4n) is 2.96. The lowest BCUT2D eigenvalue weighted by Gasteiger charge is -2.34. The maximum Gasteiger partial charge on any atom is 0.133 e. The van der Waals surface area contributed by atoms with Crippen LogP contribution in [0.1, 0.15) is 23.7 Å². The third-order valence-corrected chi connectivity index (χ3v) is 4.02. The van der Waals surface area contributed by atoms with Crippen LogP contribution in [0.3, 0.4) is 0 Å². The van der Waals surface area contributed by atoms with E-state index in [2.05, 4.69) is 48.2 Å². The first-order chi connectivity index (χ1) is 9.69. The van der Waals surface area contributed by atoms with Crippen molar-refractivity contribution in [1.29, 1.82) is 0 Å². The van der Waals surface area contributed by atoms with Gasteiger partial charge >= 0.3 is 0 Å². The minimum absolute atomic E-state index is 0.548. The topological polar surface area (TPSA) is 42.2 Å². The molecule has 1 atom stereocenters. The van der Waals surface area contributed by atoms with Gasteiger partial charge in [-0.3, -0.25) is 0 Å². The lowest BCUT2D eigenvalue weighted by molar-refractivity contribution is 0.560. The maximum atomic E-state index is 5.72. The summed E-state index contributed by atoms with van der Waals surface area (Å²) in [5.41, 5.74) is 10.6. The number of pyridine rings is 1. The number of aromatic nitrogens is 1. The Bertz CT molecular complexity index is 621. The van der Waals surface area contributed by atoms with Crippen LogP contribution in [0.4, 0.5) is 11.5 Å². The van der Waals surface area contributed by atoms with Crippen LogP contribution in [0.2, 0.25) is 0 Å². The predicted molar refractivity (Wildman–Crippen MR) is 83.2 cm³/mol. The lowest BCUT2D eigenvalue weighted by atomic mass is 9.94. The number of fused-ring (bicyclic) bond motifs is 1. The number of rotatable bonds is 2. The highest BCUT2D eigenvalue weighted by Crippen LogP contribution is 2.34. The van der Waals surface area contributed by atoms with E-state index in [1.54, 1.807) is 0 Å². The van der Waals surface area contributed by atoms with E-state index in [-0.39, 0.29) is 0 Å². The summed E-state index contributed by atoms with van der Waals surface area (Å²) in [6, 6.07) is 12.8. The molecule has 0 bridgehead atoms. The third-order valence-electron chi connectivity index (χ3n) is 4.02. The van der Waals surface area contributed by atoms with Gasteiger partial charge in [0.1, 0.15) is 5.82 Å². The van der Waals surface area contributed by atoms with Crippen LogP contribution in [-0.2, 0) is 13.0 Å². The molecule has 1 aromatic heterocycles. The highest BCUT2D eigenvalue weighted by atomic mass is 15.2. The monoisotopic (exact) mass is 267 g/mol. The number of nitrogens with zero attached hydrogens (tertiary/aromatic N) is 2. The van der Waals surface area contributed by atoms with Crippen molar-refractivity contribution < 1.29 is 0 Å². The molecule has 3 rings (SSSR count). The molecule has 1 aliphatic heterocycles. The first-order valence-electron chi connectivity index (χ1n) is 7.21. The van der Waals surface area contributed by atoms with E-state index in [1.165, 1.54) is 11.3 Å². The van der Waals surface area contributed by atoms with Gasteiger partial charge in [-0.2, -0.15) is 0 Å². The number of hydrogen-bond donors (Lipinski definition) is 1. The number of nitrogens with two attached hydrogens (primary N) is 1. The molecule has 0 fully saturated rings. The molecule has 3 heteroatoms. The molecule has 2 N–H and O–H groups in total. The van der Waals surface area contributed by atoms with E-state index < -0.39 is 0 Å². The van der Waals surface area contributed by atoms with Crippen molar-refractivity contribution >= 4 is 11.5 Å². The molecule has 0 amide bonds. The fourth-order valence-corrected chi connectivity index (χ4v) is 2.96. The number of hydrogen-bond acceptors (Lipinski definition) is 3. The Balaban J connectivity index is 2.04. The quantitative estimate of drug-likeness (QED) is 0.908. The van der Waals surface area contributed by atoms with Gasteiger partial charge in [0.2, 0.25) is 0 Å². The Morgan fingerprint density at radius 2 is 2.05 bits per heavy atom. The van der Waals surface area contributed by atoms with Crippen LogP contribution < -0.4 is 10.6 Å². The second-order valence-electron chi connectivity index (χ2n) is 5.67. The van der Waals surface area contributed by atoms with Crippen molar-refractivity contribution in [3.8, 4) is 0 Å². The summed E-state index contributed by atoms with van der Waals surface area (Å²) in [6.45, 7) is 5.90. The Labute approximate surface area is 120 Å². The van der Waals surface area contributed by atoms with Crippen molar-refractivity contribution in [2.24, 2.45) is 11.7 Å². The molecule has 20 heavy (non-hydrogen) atoms. The van der Waals surface area contributed by atoms with Gasteiger partial charge in [-0.15, -0.1) is 0 Å². The Morgan fingerprint density at radius 3 is 2.80 bits per heavy atom. The molecule has 2 heterocycles.